The van der Waals surface area contributed by atoms with Gasteiger partial charge in [-0.1, -0.05) is 36.4 Å². The highest BCUT2D eigenvalue weighted by atomic mass is 16.8. The van der Waals surface area contributed by atoms with Crippen LogP contribution in [0.25, 0.3) is 10.8 Å². The molecule has 0 radical (unpaired) electrons. The molecule has 2 aliphatic heterocycles. The van der Waals surface area contributed by atoms with Crippen LogP contribution < -0.4 is 0 Å². The van der Waals surface area contributed by atoms with Crippen LogP contribution in [0.5, 0.6) is 0 Å². The van der Waals surface area contributed by atoms with Crippen LogP contribution in [0.3, 0.4) is 0 Å². The third-order valence-corrected chi connectivity index (χ3v) is 5.03. The second kappa shape index (κ2) is 6.56. The molecule has 0 aliphatic carbocycles. The summed E-state index contributed by atoms with van der Waals surface area (Å²) < 4.78 is 23.5. The Morgan fingerprint density at radius 1 is 0.962 bits per heavy atom. The van der Waals surface area contributed by atoms with Gasteiger partial charge in [0.2, 0.25) is 0 Å². The first-order valence-electron chi connectivity index (χ1n) is 8.81. The average molecular weight is 360 g/mol. The van der Waals surface area contributed by atoms with Gasteiger partial charge in [0.05, 0.1) is 19.8 Å². The van der Waals surface area contributed by atoms with E-state index in [-0.39, 0.29) is 13.2 Å². The summed E-state index contributed by atoms with van der Waals surface area (Å²) >= 11 is 0. The molecule has 26 heavy (non-hydrogen) atoms. The van der Waals surface area contributed by atoms with E-state index in [1.807, 2.05) is 24.3 Å². The van der Waals surface area contributed by atoms with E-state index in [4.69, 9.17) is 18.9 Å². The fourth-order valence-corrected chi connectivity index (χ4v) is 3.72. The van der Waals surface area contributed by atoms with E-state index < -0.39 is 29.9 Å². The van der Waals surface area contributed by atoms with Gasteiger partial charge in [0.1, 0.15) is 17.8 Å². The van der Waals surface area contributed by atoms with Crippen molar-refractivity contribution in [1.82, 2.24) is 0 Å². The third kappa shape index (κ3) is 3.03. The normalized spacial score (nSPS) is 29.2. The summed E-state index contributed by atoms with van der Waals surface area (Å²) in [5, 5.41) is 22.0. The molecule has 140 valence electrons. The van der Waals surface area contributed by atoms with Gasteiger partial charge in [0.25, 0.3) is 0 Å². The van der Waals surface area contributed by atoms with E-state index in [0.29, 0.717) is 6.61 Å². The zero-order valence-corrected chi connectivity index (χ0v) is 14.9. The molecule has 0 aromatic heterocycles. The lowest BCUT2D eigenvalue weighted by molar-refractivity contribution is -0.258. The number of hydrogen-bond donors (Lipinski definition) is 2. The zero-order chi connectivity index (χ0) is 18.4. The van der Waals surface area contributed by atoms with Crippen molar-refractivity contribution in [1.29, 1.82) is 0 Å². The van der Waals surface area contributed by atoms with Gasteiger partial charge in [-0.3, -0.25) is 0 Å². The second-order valence-corrected chi connectivity index (χ2v) is 7.38. The van der Waals surface area contributed by atoms with Gasteiger partial charge in [0.15, 0.2) is 12.1 Å². The van der Waals surface area contributed by atoms with Crippen LogP contribution in [0, 0.1) is 0 Å². The van der Waals surface area contributed by atoms with Crippen molar-refractivity contribution < 1.29 is 29.2 Å². The highest BCUT2D eigenvalue weighted by Gasteiger charge is 2.62. The van der Waals surface area contributed by atoms with E-state index in [2.05, 4.69) is 18.2 Å². The molecule has 4 rings (SSSR count). The molecule has 1 unspecified atom stereocenters. The Morgan fingerprint density at radius 3 is 2.42 bits per heavy atom. The Morgan fingerprint density at radius 2 is 1.69 bits per heavy atom. The maximum atomic E-state index is 9.83. The van der Waals surface area contributed by atoms with Crippen LogP contribution >= 0.6 is 0 Å². The minimum Gasteiger partial charge on any atom is -0.393 e. The van der Waals surface area contributed by atoms with Gasteiger partial charge >= 0.3 is 0 Å². The predicted octanol–water partition coefficient (Wildman–Crippen LogP) is 1.96. The van der Waals surface area contributed by atoms with Crippen molar-refractivity contribution >= 4 is 10.8 Å². The Bertz CT molecular complexity index is 785. The first-order chi connectivity index (χ1) is 12.5. The first-order valence-corrected chi connectivity index (χ1v) is 8.81. The van der Waals surface area contributed by atoms with Gasteiger partial charge in [-0.25, -0.2) is 0 Å². The number of aliphatic hydroxyl groups excluding tert-OH is 2. The number of benzene rings is 2. The molecule has 6 nitrogen and oxygen atoms in total. The molecule has 2 aromatic carbocycles. The summed E-state index contributed by atoms with van der Waals surface area (Å²) in [6, 6.07) is 14.2. The topological polar surface area (TPSA) is 77.4 Å². The molecule has 6 heteroatoms. The Hall–Kier alpha value is -1.54. The molecule has 3 atom stereocenters. The van der Waals surface area contributed by atoms with Gasteiger partial charge in [-0.2, -0.15) is 0 Å². The fourth-order valence-electron chi connectivity index (χ4n) is 3.72. The lowest BCUT2D eigenvalue weighted by Gasteiger charge is -2.33. The fraction of sp³-hybridized carbons (Fsp3) is 0.500. The lowest BCUT2D eigenvalue weighted by atomic mass is 9.96. The number of fused-ring (bicyclic) bond motifs is 2. The van der Waals surface area contributed by atoms with E-state index in [9.17, 15) is 10.2 Å². The van der Waals surface area contributed by atoms with Gasteiger partial charge in [-0.15, -0.1) is 0 Å². The van der Waals surface area contributed by atoms with Crippen LogP contribution in [-0.2, 0) is 25.6 Å². The maximum Gasteiger partial charge on any atom is 0.190 e. The van der Waals surface area contributed by atoms with Gasteiger partial charge < -0.3 is 29.2 Å². The van der Waals surface area contributed by atoms with E-state index in [0.717, 1.165) is 16.3 Å². The largest absolute Gasteiger partial charge is 0.393 e. The van der Waals surface area contributed by atoms with Crippen LogP contribution in [0.4, 0.5) is 0 Å². The first kappa shape index (κ1) is 17.9. The van der Waals surface area contributed by atoms with Crippen molar-refractivity contribution in [3.63, 3.8) is 0 Å². The van der Waals surface area contributed by atoms with E-state index in [1.165, 1.54) is 0 Å². The van der Waals surface area contributed by atoms with Crippen molar-refractivity contribution in [2.75, 3.05) is 13.2 Å². The average Bonchev–Trinajstić information content (AvgIpc) is 3.08. The van der Waals surface area contributed by atoms with Crippen LogP contribution in [0.1, 0.15) is 19.4 Å². The second-order valence-electron chi connectivity index (χ2n) is 7.38. The molecule has 0 bridgehead atoms. The molecule has 2 aromatic rings. The molecule has 2 saturated heterocycles. The van der Waals surface area contributed by atoms with E-state index in [1.54, 1.807) is 13.8 Å². The highest BCUT2D eigenvalue weighted by Crippen LogP contribution is 2.43. The highest BCUT2D eigenvalue weighted by molar-refractivity contribution is 5.82. The quantitative estimate of drug-likeness (QED) is 0.849. The smallest absolute Gasteiger partial charge is 0.190 e. The summed E-state index contributed by atoms with van der Waals surface area (Å²) in [6.45, 7) is 3.15. The van der Waals surface area contributed by atoms with Crippen LogP contribution in [0.2, 0.25) is 0 Å². The minimum absolute atomic E-state index is 0.313. The SMILES string of the molecule is CC1(C)OC2[C@@H](O1)OC(CO)(CO)[C@@H]2OCc1ccc2ccccc2c1. The predicted molar refractivity (Wildman–Crippen MR) is 94.3 cm³/mol. The van der Waals surface area contributed by atoms with Crippen LogP contribution in [0.15, 0.2) is 42.5 Å². The molecular weight excluding hydrogens is 336 g/mol. The van der Waals surface area contributed by atoms with Crippen LogP contribution in [-0.4, -0.2) is 53.3 Å². The lowest BCUT2D eigenvalue weighted by Crippen LogP contribution is -2.52. The number of aliphatic hydroxyl groups is 2. The summed E-state index contributed by atoms with van der Waals surface area (Å²) in [6.07, 6.45) is -1.83. The van der Waals surface area contributed by atoms with Crippen molar-refractivity contribution in [3.8, 4) is 0 Å². The molecule has 2 aliphatic rings. The molecule has 0 saturated carbocycles. The zero-order valence-electron chi connectivity index (χ0n) is 14.9. The Kier molecular flexibility index (Phi) is 4.51. The Labute approximate surface area is 152 Å². The molecule has 2 fully saturated rings. The van der Waals surface area contributed by atoms with E-state index >= 15 is 0 Å². The molecule has 2 N–H and O–H groups in total. The molecule has 0 spiro atoms. The summed E-state index contributed by atoms with van der Waals surface area (Å²) in [4.78, 5) is 0. The number of ether oxygens (including phenoxy) is 4. The number of rotatable bonds is 5. The third-order valence-electron chi connectivity index (χ3n) is 5.03. The van der Waals surface area contributed by atoms with Crippen molar-refractivity contribution in [3.05, 3.63) is 48.0 Å². The van der Waals surface area contributed by atoms with Gasteiger partial charge in [-0.05, 0) is 36.2 Å². The molecular formula is C20H24O6. The minimum atomic E-state index is -1.25. The van der Waals surface area contributed by atoms with Crippen molar-refractivity contribution in [2.24, 2.45) is 0 Å². The Balaban J connectivity index is 1.55. The molecule has 2 heterocycles. The maximum absolute atomic E-state index is 9.83. The van der Waals surface area contributed by atoms with Gasteiger partial charge in [0, 0.05) is 0 Å². The molecule has 0 amide bonds. The monoisotopic (exact) mass is 360 g/mol. The number of hydrogen-bond acceptors (Lipinski definition) is 6. The summed E-state index contributed by atoms with van der Waals surface area (Å²) in [5.74, 6) is -0.795. The summed E-state index contributed by atoms with van der Waals surface area (Å²) in [7, 11) is 0. The van der Waals surface area contributed by atoms with Crippen molar-refractivity contribution in [2.45, 2.75) is 50.3 Å². The standard InChI is InChI=1S/C20H24O6/c1-19(2)24-16-17(20(11-21,12-22)26-18(16)25-19)23-10-13-7-8-14-5-3-4-6-15(14)9-13/h3-9,16-18,21-22H,10-12H2,1-2H3/t16?,17-,18+/m1/s1. The summed E-state index contributed by atoms with van der Waals surface area (Å²) in [5.41, 5.74) is -0.252.